The molecular formula is C16H12Cl2N2O2. The molecule has 0 amide bonds. The second-order valence-corrected chi connectivity index (χ2v) is 5.74. The van der Waals surface area contributed by atoms with Crippen LogP contribution >= 0.6 is 23.2 Å². The van der Waals surface area contributed by atoms with Gasteiger partial charge in [0.2, 0.25) is 0 Å². The van der Waals surface area contributed by atoms with Gasteiger partial charge in [-0.1, -0.05) is 53.5 Å². The predicted molar refractivity (Wildman–Crippen MR) is 87.8 cm³/mol. The third-order valence-corrected chi connectivity index (χ3v) is 4.25. The van der Waals surface area contributed by atoms with Crippen molar-refractivity contribution in [1.29, 1.82) is 0 Å². The highest BCUT2D eigenvalue weighted by atomic mass is 35.5. The molecule has 1 aliphatic heterocycles. The Morgan fingerprint density at radius 2 is 1.86 bits per heavy atom. The predicted octanol–water partition coefficient (Wildman–Crippen LogP) is 4.39. The number of anilines is 1. The van der Waals surface area contributed by atoms with Crippen molar-refractivity contribution in [3.8, 4) is 0 Å². The number of carboxylic acid groups (broad SMARTS) is 1. The Balaban J connectivity index is 2.03. The second-order valence-electron chi connectivity index (χ2n) is 4.93. The lowest BCUT2D eigenvalue weighted by Gasteiger charge is -2.24. The Kier molecular flexibility index (Phi) is 4.05. The standard InChI is InChI=1S/C16H12Cl2N2O2/c17-12-7-6-11(8-13(12)18)20-15(9-14(19-20)16(21)22)10-4-2-1-3-5-10/h1-8,15H,9H2,(H,21,22). The van der Waals surface area contributed by atoms with Crippen molar-refractivity contribution in [1.82, 2.24) is 0 Å². The average molecular weight is 335 g/mol. The summed E-state index contributed by atoms with van der Waals surface area (Å²) >= 11 is 12.0. The zero-order valence-corrected chi connectivity index (χ0v) is 12.9. The number of hydrogen-bond donors (Lipinski definition) is 1. The van der Waals surface area contributed by atoms with Gasteiger partial charge in [-0.15, -0.1) is 0 Å². The van der Waals surface area contributed by atoms with Crippen LogP contribution in [0.25, 0.3) is 0 Å². The van der Waals surface area contributed by atoms with E-state index in [0.717, 1.165) is 5.56 Å². The van der Waals surface area contributed by atoms with E-state index in [2.05, 4.69) is 5.10 Å². The molecule has 112 valence electrons. The van der Waals surface area contributed by atoms with Crippen LogP contribution in [0.15, 0.2) is 53.6 Å². The summed E-state index contributed by atoms with van der Waals surface area (Å²) in [4.78, 5) is 11.3. The number of carbonyl (C=O) groups is 1. The van der Waals surface area contributed by atoms with Gasteiger partial charge in [-0.25, -0.2) is 4.79 Å². The third kappa shape index (κ3) is 2.80. The van der Waals surface area contributed by atoms with Gasteiger partial charge in [0, 0.05) is 6.42 Å². The summed E-state index contributed by atoms with van der Waals surface area (Å²) in [6.45, 7) is 0. The minimum absolute atomic E-state index is 0.125. The van der Waals surface area contributed by atoms with Crippen LogP contribution in [0.5, 0.6) is 0 Å². The normalized spacial score (nSPS) is 17.5. The van der Waals surface area contributed by atoms with Crippen molar-refractivity contribution in [2.24, 2.45) is 5.10 Å². The van der Waals surface area contributed by atoms with Crippen LogP contribution in [0.2, 0.25) is 10.0 Å². The Morgan fingerprint density at radius 3 is 2.50 bits per heavy atom. The van der Waals surface area contributed by atoms with Gasteiger partial charge in [-0.3, -0.25) is 5.01 Å². The topological polar surface area (TPSA) is 52.9 Å². The zero-order chi connectivity index (χ0) is 15.7. The molecule has 4 nitrogen and oxygen atoms in total. The monoisotopic (exact) mass is 334 g/mol. The Hall–Kier alpha value is -2.04. The van der Waals surface area contributed by atoms with Crippen LogP contribution in [0.4, 0.5) is 5.69 Å². The molecule has 0 spiro atoms. The molecule has 0 saturated carbocycles. The lowest BCUT2D eigenvalue weighted by Crippen LogP contribution is -2.18. The van der Waals surface area contributed by atoms with Crippen molar-refractivity contribution in [3.63, 3.8) is 0 Å². The van der Waals surface area contributed by atoms with E-state index in [1.807, 2.05) is 30.3 Å². The van der Waals surface area contributed by atoms with Gasteiger partial charge in [0.1, 0.15) is 5.71 Å². The van der Waals surface area contributed by atoms with Gasteiger partial charge in [0.25, 0.3) is 0 Å². The minimum atomic E-state index is -1.01. The molecule has 0 radical (unpaired) electrons. The quantitative estimate of drug-likeness (QED) is 0.905. The van der Waals surface area contributed by atoms with Gasteiger partial charge >= 0.3 is 5.97 Å². The molecule has 0 saturated heterocycles. The van der Waals surface area contributed by atoms with Crippen LogP contribution in [-0.2, 0) is 4.79 Å². The smallest absolute Gasteiger partial charge is 0.352 e. The first-order valence-corrected chi connectivity index (χ1v) is 7.42. The number of carboxylic acids is 1. The number of rotatable bonds is 3. The highest BCUT2D eigenvalue weighted by molar-refractivity contribution is 6.42. The molecular weight excluding hydrogens is 323 g/mol. The molecule has 2 aromatic carbocycles. The van der Waals surface area contributed by atoms with E-state index in [4.69, 9.17) is 23.2 Å². The van der Waals surface area contributed by atoms with Crippen molar-refractivity contribution in [2.75, 3.05) is 5.01 Å². The molecule has 1 N–H and O–H groups in total. The van der Waals surface area contributed by atoms with Gasteiger partial charge < -0.3 is 5.11 Å². The Morgan fingerprint density at radius 1 is 1.14 bits per heavy atom. The first-order chi connectivity index (χ1) is 10.6. The summed E-state index contributed by atoms with van der Waals surface area (Å²) in [6, 6.07) is 14.6. The molecule has 22 heavy (non-hydrogen) atoms. The van der Waals surface area contributed by atoms with Gasteiger partial charge in [-0.2, -0.15) is 5.10 Å². The van der Waals surface area contributed by atoms with Crippen LogP contribution in [0.3, 0.4) is 0 Å². The molecule has 0 fully saturated rings. The van der Waals surface area contributed by atoms with Crippen molar-refractivity contribution in [3.05, 3.63) is 64.1 Å². The maximum atomic E-state index is 11.3. The summed E-state index contributed by atoms with van der Waals surface area (Å²) in [5.41, 5.74) is 1.83. The number of hydrogen-bond acceptors (Lipinski definition) is 3. The summed E-state index contributed by atoms with van der Waals surface area (Å²) in [6.07, 6.45) is 0.333. The molecule has 3 rings (SSSR count). The molecule has 1 heterocycles. The minimum Gasteiger partial charge on any atom is -0.477 e. The third-order valence-electron chi connectivity index (χ3n) is 3.51. The fraction of sp³-hybridized carbons (Fsp3) is 0.125. The maximum absolute atomic E-state index is 11.3. The van der Waals surface area contributed by atoms with Crippen molar-refractivity contribution in [2.45, 2.75) is 12.5 Å². The van der Waals surface area contributed by atoms with E-state index in [-0.39, 0.29) is 11.8 Å². The maximum Gasteiger partial charge on any atom is 0.352 e. The van der Waals surface area contributed by atoms with Gasteiger partial charge in [0.15, 0.2) is 0 Å². The summed E-state index contributed by atoms with van der Waals surface area (Å²) < 4.78 is 0. The molecule has 0 aromatic heterocycles. The molecule has 1 unspecified atom stereocenters. The summed E-state index contributed by atoms with van der Waals surface area (Å²) in [5, 5.41) is 16.0. The molecule has 0 bridgehead atoms. The van der Waals surface area contributed by atoms with E-state index >= 15 is 0 Å². The first kappa shape index (κ1) is 14.9. The van der Waals surface area contributed by atoms with Crippen LogP contribution in [0.1, 0.15) is 18.0 Å². The van der Waals surface area contributed by atoms with E-state index in [9.17, 15) is 9.90 Å². The van der Waals surface area contributed by atoms with Crippen LogP contribution in [0, 0.1) is 0 Å². The fourth-order valence-corrected chi connectivity index (χ4v) is 2.73. The van der Waals surface area contributed by atoms with Crippen LogP contribution < -0.4 is 5.01 Å². The second kappa shape index (κ2) is 5.99. The number of hydrazone groups is 1. The average Bonchev–Trinajstić information content (AvgIpc) is 2.96. The zero-order valence-electron chi connectivity index (χ0n) is 11.4. The number of halogens is 2. The van der Waals surface area contributed by atoms with Crippen molar-refractivity contribution < 1.29 is 9.90 Å². The SMILES string of the molecule is O=C(O)C1=NN(c2ccc(Cl)c(Cl)c2)C(c2ccccc2)C1. The number of benzene rings is 2. The lowest BCUT2D eigenvalue weighted by molar-refractivity contribution is -0.129. The van der Waals surface area contributed by atoms with E-state index in [1.165, 1.54) is 0 Å². The largest absolute Gasteiger partial charge is 0.477 e. The lowest BCUT2D eigenvalue weighted by atomic mass is 10.0. The fourth-order valence-electron chi connectivity index (χ4n) is 2.44. The molecule has 1 aliphatic rings. The number of aliphatic carboxylic acids is 1. The highest BCUT2D eigenvalue weighted by Gasteiger charge is 2.32. The Labute approximate surface area is 137 Å². The van der Waals surface area contributed by atoms with E-state index in [1.54, 1.807) is 23.2 Å². The number of nitrogens with zero attached hydrogens (tertiary/aromatic N) is 2. The molecule has 6 heteroatoms. The highest BCUT2D eigenvalue weighted by Crippen LogP contribution is 2.37. The molecule has 2 aromatic rings. The molecule has 0 aliphatic carbocycles. The van der Waals surface area contributed by atoms with Gasteiger partial charge in [0.05, 0.1) is 21.8 Å². The van der Waals surface area contributed by atoms with E-state index < -0.39 is 5.97 Å². The van der Waals surface area contributed by atoms with Gasteiger partial charge in [-0.05, 0) is 23.8 Å². The summed E-state index contributed by atoms with van der Waals surface area (Å²) in [7, 11) is 0. The molecule has 1 atom stereocenters. The van der Waals surface area contributed by atoms with Crippen molar-refractivity contribution >= 4 is 40.6 Å². The summed E-state index contributed by atoms with van der Waals surface area (Å²) in [5.74, 6) is -1.01. The van der Waals surface area contributed by atoms with Crippen LogP contribution in [-0.4, -0.2) is 16.8 Å². The first-order valence-electron chi connectivity index (χ1n) is 6.66. The Bertz CT molecular complexity index is 747. The van der Waals surface area contributed by atoms with E-state index in [0.29, 0.717) is 22.2 Å².